The highest BCUT2D eigenvalue weighted by atomic mass is 16.5. The van der Waals surface area contributed by atoms with E-state index >= 15 is 0 Å². The monoisotopic (exact) mass is 366 g/mol. The van der Waals surface area contributed by atoms with E-state index < -0.39 is 0 Å². The van der Waals surface area contributed by atoms with Gasteiger partial charge in [0.1, 0.15) is 5.75 Å². The Morgan fingerprint density at radius 2 is 1.96 bits per heavy atom. The zero-order valence-electron chi connectivity index (χ0n) is 16.3. The number of amides is 1. The van der Waals surface area contributed by atoms with Crippen LogP contribution in [0.15, 0.2) is 30.3 Å². The van der Waals surface area contributed by atoms with E-state index in [2.05, 4.69) is 10.6 Å². The average Bonchev–Trinajstić information content (AvgIpc) is 2.92. The van der Waals surface area contributed by atoms with Crippen molar-refractivity contribution in [3.63, 3.8) is 0 Å². The van der Waals surface area contributed by atoms with Crippen molar-refractivity contribution >= 4 is 23.1 Å². The number of fused-ring (bicyclic) bond motifs is 1. The largest absolute Gasteiger partial charge is 0.483 e. The van der Waals surface area contributed by atoms with Crippen molar-refractivity contribution in [2.45, 2.75) is 40.0 Å². The number of rotatable bonds is 6. The SMILES string of the molecule is CCNc1cc(C)ccc1NC(=O)COc1ccc(C)c2c1C(=O)CC2C. The third kappa shape index (κ3) is 3.97. The molecule has 0 heterocycles. The molecule has 0 fully saturated rings. The summed E-state index contributed by atoms with van der Waals surface area (Å²) < 4.78 is 5.73. The predicted molar refractivity (Wildman–Crippen MR) is 108 cm³/mol. The zero-order chi connectivity index (χ0) is 19.6. The molecule has 0 saturated carbocycles. The molecule has 3 rings (SSSR count). The van der Waals surface area contributed by atoms with Gasteiger partial charge in [-0.1, -0.05) is 19.1 Å². The molecule has 142 valence electrons. The van der Waals surface area contributed by atoms with E-state index in [0.717, 1.165) is 34.6 Å². The van der Waals surface area contributed by atoms with Gasteiger partial charge in [-0.25, -0.2) is 0 Å². The van der Waals surface area contributed by atoms with Crippen molar-refractivity contribution in [3.05, 3.63) is 52.6 Å². The minimum absolute atomic E-state index is 0.0876. The number of anilines is 2. The molecule has 27 heavy (non-hydrogen) atoms. The summed E-state index contributed by atoms with van der Waals surface area (Å²) in [5.41, 5.74) is 5.49. The Morgan fingerprint density at radius 3 is 2.70 bits per heavy atom. The quantitative estimate of drug-likeness (QED) is 0.793. The topological polar surface area (TPSA) is 67.4 Å². The van der Waals surface area contributed by atoms with Crippen LogP contribution in [0, 0.1) is 13.8 Å². The number of ether oxygens (including phenoxy) is 1. The number of hydrogen-bond acceptors (Lipinski definition) is 4. The van der Waals surface area contributed by atoms with Crippen LogP contribution in [0.25, 0.3) is 0 Å². The molecule has 0 aromatic heterocycles. The Hall–Kier alpha value is -2.82. The number of Topliss-reactive ketones (excluding diaryl/α,β-unsaturated/α-hetero) is 1. The van der Waals surface area contributed by atoms with Gasteiger partial charge in [0.15, 0.2) is 12.4 Å². The lowest BCUT2D eigenvalue weighted by Crippen LogP contribution is -2.21. The van der Waals surface area contributed by atoms with Crippen molar-refractivity contribution in [2.24, 2.45) is 0 Å². The first-order valence-electron chi connectivity index (χ1n) is 9.34. The summed E-state index contributed by atoms with van der Waals surface area (Å²) >= 11 is 0. The maximum Gasteiger partial charge on any atom is 0.262 e. The van der Waals surface area contributed by atoms with Crippen molar-refractivity contribution in [3.8, 4) is 5.75 Å². The maximum atomic E-state index is 12.4. The standard InChI is InChI=1S/C22H26N2O3/c1-5-23-17-10-13(2)6-8-16(17)24-20(26)12-27-19-9-7-14(3)21-15(4)11-18(25)22(19)21/h6-10,15,23H,5,11-12H2,1-4H3,(H,24,26). The third-order valence-electron chi connectivity index (χ3n) is 4.86. The molecule has 0 bridgehead atoms. The van der Waals surface area contributed by atoms with Gasteiger partial charge in [0.05, 0.1) is 16.9 Å². The summed E-state index contributed by atoms with van der Waals surface area (Å²) in [5, 5.41) is 6.13. The first kappa shape index (κ1) is 19.0. The Balaban J connectivity index is 1.72. The van der Waals surface area contributed by atoms with Crippen LogP contribution in [0.2, 0.25) is 0 Å². The fraction of sp³-hybridized carbons (Fsp3) is 0.364. The lowest BCUT2D eigenvalue weighted by atomic mass is 9.97. The molecule has 5 heteroatoms. The molecule has 0 spiro atoms. The number of carbonyl (C=O) groups excluding carboxylic acids is 2. The van der Waals surface area contributed by atoms with Crippen LogP contribution < -0.4 is 15.4 Å². The molecule has 5 nitrogen and oxygen atoms in total. The average molecular weight is 366 g/mol. The smallest absolute Gasteiger partial charge is 0.262 e. The van der Waals surface area contributed by atoms with Crippen molar-refractivity contribution in [1.29, 1.82) is 0 Å². The lowest BCUT2D eigenvalue weighted by molar-refractivity contribution is -0.118. The minimum Gasteiger partial charge on any atom is -0.483 e. The molecule has 1 aliphatic rings. The van der Waals surface area contributed by atoms with Crippen LogP contribution >= 0.6 is 0 Å². The molecule has 1 aliphatic carbocycles. The molecule has 1 unspecified atom stereocenters. The number of benzene rings is 2. The van der Waals surface area contributed by atoms with Crippen molar-refractivity contribution < 1.29 is 14.3 Å². The summed E-state index contributed by atoms with van der Waals surface area (Å²) in [6.45, 7) is 8.69. The molecule has 0 radical (unpaired) electrons. The van der Waals surface area contributed by atoms with Crippen LogP contribution in [0.4, 0.5) is 11.4 Å². The van der Waals surface area contributed by atoms with E-state index in [0.29, 0.717) is 17.7 Å². The summed E-state index contributed by atoms with van der Waals surface area (Å²) in [5.74, 6) is 0.520. The minimum atomic E-state index is -0.258. The molecule has 1 atom stereocenters. The van der Waals surface area contributed by atoms with Crippen LogP contribution in [0.3, 0.4) is 0 Å². The number of ketones is 1. The van der Waals surface area contributed by atoms with E-state index in [4.69, 9.17) is 4.74 Å². The summed E-state index contributed by atoms with van der Waals surface area (Å²) in [7, 11) is 0. The second kappa shape index (κ2) is 7.82. The van der Waals surface area contributed by atoms with E-state index in [1.165, 1.54) is 0 Å². The van der Waals surface area contributed by atoms with E-state index in [-0.39, 0.29) is 24.2 Å². The fourth-order valence-corrected chi connectivity index (χ4v) is 3.66. The van der Waals surface area contributed by atoms with Gasteiger partial charge in [-0.05, 0) is 61.6 Å². The van der Waals surface area contributed by atoms with Gasteiger partial charge in [-0.2, -0.15) is 0 Å². The highest BCUT2D eigenvalue weighted by molar-refractivity contribution is 6.04. The number of aryl methyl sites for hydroxylation is 2. The van der Waals surface area contributed by atoms with Crippen LogP contribution in [-0.2, 0) is 4.79 Å². The molecule has 0 saturated heterocycles. The third-order valence-corrected chi connectivity index (χ3v) is 4.86. The Morgan fingerprint density at radius 1 is 1.19 bits per heavy atom. The highest BCUT2D eigenvalue weighted by Crippen LogP contribution is 2.40. The van der Waals surface area contributed by atoms with Gasteiger partial charge in [-0.15, -0.1) is 0 Å². The molecule has 1 amide bonds. The molecular formula is C22H26N2O3. The normalized spacial score (nSPS) is 15.4. The summed E-state index contributed by atoms with van der Waals surface area (Å²) in [6, 6.07) is 9.55. The number of carbonyl (C=O) groups is 2. The first-order chi connectivity index (χ1) is 12.9. The van der Waals surface area contributed by atoms with Gasteiger partial charge in [-0.3, -0.25) is 9.59 Å². The van der Waals surface area contributed by atoms with Gasteiger partial charge < -0.3 is 15.4 Å². The second-order valence-corrected chi connectivity index (χ2v) is 7.11. The fourth-order valence-electron chi connectivity index (χ4n) is 3.66. The molecule has 0 aliphatic heterocycles. The van der Waals surface area contributed by atoms with Gasteiger partial charge in [0, 0.05) is 13.0 Å². The molecule has 2 aromatic carbocycles. The van der Waals surface area contributed by atoms with Crippen LogP contribution in [-0.4, -0.2) is 24.8 Å². The molecular weight excluding hydrogens is 340 g/mol. The molecule has 2 N–H and O–H groups in total. The second-order valence-electron chi connectivity index (χ2n) is 7.11. The lowest BCUT2D eigenvalue weighted by Gasteiger charge is -2.15. The van der Waals surface area contributed by atoms with Gasteiger partial charge in [0.25, 0.3) is 5.91 Å². The highest BCUT2D eigenvalue weighted by Gasteiger charge is 2.31. The van der Waals surface area contributed by atoms with E-state index in [1.54, 1.807) is 6.07 Å². The van der Waals surface area contributed by atoms with E-state index in [9.17, 15) is 9.59 Å². The van der Waals surface area contributed by atoms with Gasteiger partial charge in [0.2, 0.25) is 0 Å². The Bertz CT molecular complexity index is 889. The Kier molecular flexibility index (Phi) is 5.49. The summed E-state index contributed by atoms with van der Waals surface area (Å²) in [6.07, 6.45) is 0.498. The first-order valence-corrected chi connectivity index (χ1v) is 9.34. The predicted octanol–water partition coefficient (Wildman–Crippen LogP) is 4.44. The molecule has 2 aromatic rings. The van der Waals surface area contributed by atoms with Gasteiger partial charge >= 0.3 is 0 Å². The Labute approximate surface area is 160 Å². The van der Waals surface area contributed by atoms with Crippen LogP contribution in [0.1, 0.15) is 53.2 Å². The zero-order valence-corrected chi connectivity index (χ0v) is 16.3. The number of nitrogens with one attached hydrogen (secondary N) is 2. The van der Waals surface area contributed by atoms with E-state index in [1.807, 2.05) is 52.0 Å². The maximum absolute atomic E-state index is 12.4. The van der Waals surface area contributed by atoms with Crippen molar-refractivity contribution in [1.82, 2.24) is 0 Å². The summed E-state index contributed by atoms with van der Waals surface area (Å²) in [4.78, 5) is 24.7. The van der Waals surface area contributed by atoms with Crippen LogP contribution in [0.5, 0.6) is 5.75 Å². The van der Waals surface area contributed by atoms with Crippen molar-refractivity contribution in [2.75, 3.05) is 23.8 Å². The number of hydrogen-bond donors (Lipinski definition) is 2.